The van der Waals surface area contributed by atoms with Crippen molar-refractivity contribution < 1.29 is 19.4 Å². The van der Waals surface area contributed by atoms with Crippen LogP contribution in [0.3, 0.4) is 0 Å². The fraction of sp³-hybridized carbons (Fsp3) is 0.429. The summed E-state index contributed by atoms with van der Waals surface area (Å²) in [5.41, 5.74) is 0.632. The lowest BCUT2D eigenvalue weighted by atomic mass is 10.1. The van der Waals surface area contributed by atoms with Crippen LogP contribution in [0.2, 0.25) is 0 Å². The fourth-order valence-corrected chi connectivity index (χ4v) is 2.04. The van der Waals surface area contributed by atoms with E-state index in [9.17, 15) is 9.59 Å². The molecule has 1 aromatic rings. The molecule has 1 atom stereocenters. The molecule has 1 fully saturated rings. The van der Waals surface area contributed by atoms with Gasteiger partial charge in [-0.3, -0.25) is 4.79 Å². The van der Waals surface area contributed by atoms with Gasteiger partial charge in [0.1, 0.15) is 0 Å². The van der Waals surface area contributed by atoms with Crippen molar-refractivity contribution in [2.75, 3.05) is 13.2 Å². The highest BCUT2D eigenvalue weighted by Gasteiger charge is 2.15. The summed E-state index contributed by atoms with van der Waals surface area (Å²) in [5, 5.41) is 11.6. The number of benzene rings is 1. The predicted molar refractivity (Wildman–Crippen MR) is 69.3 cm³/mol. The third-order valence-electron chi connectivity index (χ3n) is 3.16. The Hall–Kier alpha value is -1.88. The van der Waals surface area contributed by atoms with Crippen LogP contribution in [0.5, 0.6) is 0 Å². The molecule has 1 unspecified atom stereocenters. The molecule has 5 heteroatoms. The molecule has 0 bridgehead atoms. The summed E-state index contributed by atoms with van der Waals surface area (Å²) in [6.45, 7) is 1.26. The molecule has 1 amide bonds. The summed E-state index contributed by atoms with van der Waals surface area (Å²) in [4.78, 5) is 22.6. The number of amides is 1. The zero-order chi connectivity index (χ0) is 13.7. The first-order valence-corrected chi connectivity index (χ1v) is 6.40. The predicted octanol–water partition coefficient (Wildman–Crippen LogP) is 1.68. The largest absolute Gasteiger partial charge is 0.478 e. The molecular formula is C14H17NO4. The number of ether oxygens (including phenoxy) is 1. The summed E-state index contributed by atoms with van der Waals surface area (Å²) in [7, 11) is 0. The molecule has 1 aromatic carbocycles. The van der Waals surface area contributed by atoms with Crippen LogP contribution in [0, 0.1) is 0 Å². The number of hydrogen-bond acceptors (Lipinski definition) is 3. The molecule has 1 aliphatic heterocycles. The van der Waals surface area contributed by atoms with Gasteiger partial charge in [-0.25, -0.2) is 4.79 Å². The van der Waals surface area contributed by atoms with Crippen LogP contribution in [-0.4, -0.2) is 36.2 Å². The van der Waals surface area contributed by atoms with Crippen molar-refractivity contribution in [2.45, 2.75) is 25.4 Å². The highest BCUT2D eigenvalue weighted by Crippen LogP contribution is 2.12. The van der Waals surface area contributed by atoms with Gasteiger partial charge in [0, 0.05) is 18.7 Å². The fourth-order valence-electron chi connectivity index (χ4n) is 2.04. The maximum atomic E-state index is 11.9. The third kappa shape index (κ3) is 3.79. The van der Waals surface area contributed by atoms with Crippen molar-refractivity contribution in [2.24, 2.45) is 0 Å². The molecule has 1 heterocycles. The summed E-state index contributed by atoms with van der Waals surface area (Å²) < 4.78 is 5.52. The quantitative estimate of drug-likeness (QED) is 0.866. The summed E-state index contributed by atoms with van der Waals surface area (Å²) in [5.74, 6) is -1.20. The Morgan fingerprint density at radius 1 is 1.21 bits per heavy atom. The van der Waals surface area contributed by atoms with E-state index in [0.29, 0.717) is 12.1 Å². The van der Waals surface area contributed by atoms with Gasteiger partial charge in [0.2, 0.25) is 0 Å². The first kappa shape index (κ1) is 13.5. The lowest BCUT2D eigenvalue weighted by Gasteiger charge is -2.22. The molecule has 0 radical (unpaired) electrons. The monoisotopic (exact) mass is 263 g/mol. The van der Waals surface area contributed by atoms with E-state index in [1.165, 1.54) is 24.3 Å². The molecule has 0 spiro atoms. The zero-order valence-corrected chi connectivity index (χ0v) is 10.6. The van der Waals surface area contributed by atoms with E-state index < -0.39 is 5.97 Å². The molecule has 19 heavy (non-hydrogen) atoms. The Balaban J connectivity index is 1.86. The summed E-state index contributed by atoms with van der Waals surface area (Å²) in [6, 6.07) is 5.88. The number of carbonyl (C=O) groups excluding carboxylic acids is 1. The van der Waals surface area contributed by atoms with Gasteiger partial charge in [-0.15, -0.1) is 0 Å². The van der Waals surface area contributed by atoms with Crippen molar-refractivity contribution in [3.05, 3.63) is 35.4 Å². The van der Waals surface area contributed by atoms with Crippen LogP contribution >= 0.6 is 0 Å². The lowest BCUT2D eigenvalue weighted by Crippen LogP contribution is -2.35. The van der Waals surface area contributed by atoms with E-state index in [2.05, 4.69) is 5.32 Å². The van der Waals surface area contributed by atoms with Gasteiger partial charge in [0.25, 0.3) is 5.91 Å². The van der Waals surface area contributed by atoms with Crippen molar-refractivity contribution in [3.63, 3.8) is 0 Å². The molecule has 5 nitrogen and oxygen atoms in total. The Labute approximate surface area is 111 Å². The average molecular weight is 263 g/mol. The van der Waals surface area contributed by atoms with Crippen molar-refractivity contribution in [3.8, 4) is 0 Å². The molecular weight excluding hydrogens is 246 g/mol. The minimum atomic E-state index is -0.998. The number of rotatable bonds is 4. The number of nitrogens with one attached hydrogen (secondary N) is 1. The van der Waals surface area contributed by atoms with Crippen LogP contribution in [0.1, 0.15) is 40.0 Å². The van der Waals surface area contributed by atoms with Gasteiger partial charge < -0.3 is 15.2 Å². The molecule has 2 rings (SSSR count). The van der Waals surface area contributed by atoms with Crippen LogP contribution in [0.4, 0.5) is 0 Å². The van der Waals surface area contributed by atoms with Gasteiger partial charge >= 0.3 is 5.97 Å². The first-order valence-electron chi connectivity index (χ1n) is 6.40. The van der Waals surface area contributed by atoms with Crippen LogP contribution in [0.25, 0.3) is 0 Å². The van der Waals surface area contributed by atoms with E-state index in [4.69, 9.17) is 9.84 Å². The van der Waals surface area contributed by atoms with Crippen molar-refractivity contribution in [1.29, 1.82) is 0 Å². The standard InChI is InChI=1S/C14H17NO4/c16-13(15-9-12-3-1-2-8-19-12)10-4-6-11(7-5-10)14(17)18/h4-7,12H,1-3,8-9H2,(H,15,16)(H,17,18). The second kappa shape index (κ2) is 6.33. The van der Waals surface area contributed by atoms with Gasteiger partial charge in [-0.05, 0) is 43.5 Å². The van der Waals surface area contributed by atoms with Crippen molar-refractivity contribution >= 4 is 11.9 Å². The minimum absolute atomic E-state index is 0.0935. The van der Waals surface area contributed by atoms with Crippen LogP contribution in [0.15, 0.2) is 24.3 Å². The van der Waals surface area contributed by atoms with Gasteiger partial charge in [0.05, 0.1) is 11.7 Å². The van der Waals surface area contributed by atoms with E-state index in [1.54, 1.807) is 0 Å². The maximum Gasteiger partial charge on any atom is 0.335 e. The maximum absolute atomic E-state index is 11.9. The topological polar surface area (TPSA) is 75.6 Å². The third-order valence-corrected chi connectivity index (χ3v) is 3.16. The summed E-state index contributed by atoms with van der Waals surface area (Å²) in [6.07, 6.45) is 3.28. The number of carbonyl (C=O) groups is 2. The molecule has 0 saturated carbocycles. The lowest BCUT2D eigenvalue weighted by molar-refractivity contribution is 0.0169. The summed E-state index contributed by atoms with van der Waals surface area (Å²) >= 11 is 0. The number of aromatic carboxylic acids is 1. The average Bonchev–Trinajstić information content (AvgIpc) is 2.46. The first-order chi connectivity index (χ1) is 9.16. The van der Waals surface area contributed by atoms with E-state index in [1.807, 2.05) is 0 Å². The number of carboxylic acids is 1. The normalized spacial score (nSPS) is 18.8. The van der Waals surface area contributed by atoms with Gasteiger partial charge in [-0.1, -0.05) is 0 Å². The van der Waals surface area contributed by atoms with Crippen molar-refractivity contribution in [1.82, 2.24) is 5.32 Å². The molecule has 1 aliphatic rings. The van der Waals surface area contributed by atoms with E-state index in [0.717, 1.165) is 25.9 Å². The Morgan fingerprint density at radius 2 is 1.89 bits per heavy atom. The second-order valence-electron chi connectivity index (χ2n) is 4.58. The Morgan fingerprint density at radius 3 is 2.47 bits per heavy atom. The Bertz CT molecular complexity index is 449. The molecule has 0 aromatic heterocycles. The van der Waals surface area contributed by atoms with Gasteiger partial charge in [0.15, 0.2) is 0 Å². The van der Waals surface area contributed by atoms with Crippen LogP contribution in [-0.2, 0) is 4.74 Å². The second-order valence-corrected chi connectivity index (χ2v) is 4.58. The Kier molecular flexibility index (Phi) is 4.52. The van der Waals surface area contributed by atoms with Crippen LogP contribution < -0.4 is 5.32 Å². The zero-order valence-electron chi connectivity index (χ0n) is 10.6. The SMILES string of the molecule is O=C(O)c1ccc(C(=O)NCC2CCCCO2)cc1. The molecule has 0 aliphatic carbocycles. The highest BCUT2D eigenvalue weighted by molar-refractivity contribution is 5.95. The molecule has 102 valence electrons. The molecule has 2 N–H and O–H groups in total. The number of carboxylic acid groups (broad SMARTS) is 1. The minimum Gasteiger partial charge on any atom is -0.478 e. The smallest absolute Gasteiger partial charge is 0.335 e. The van der Waals surface area contributed by atoms with E-state index in [-0.39, 0.29) is 17.6 Å². The number of hydrogen-bond donors (Lipinski definition) is 2. The highest BCUT2D eigenvalue weighted by atomic mass is 16.5. The van der Waals surface area contributed by atoms with Gasteiger partial charge in [-0.2, -0.15) is 0 Å². The molecule has 1 saturated heterocycles. The van der Waals surface area contributed by atoms with E-state index >= 15 is 0 Å².